The van der Waals surface area contributed by atoms with Crippen LogP contribution in [0.1, 0.15) is 32.4 Å². The van der Waals surface area contributed by atoms with Crippen LogP contribution in [-0.2, 0) is 0 Å². The van der Waals surface area contributed by atoms with Gasteiger partial charge >= 0.3 is 0 Å². The number of rotatable bonds is 1. The van der Waals surface area contributed by atoms with E-state index < -0.39 is 0 Å². The minimum absolute atomic E-state index is 0.00648. The zero-order chi connectivity index (χ0) is 11.1. The first-order valence-electron chi connectivity index (χ1n) is 5.13. The van der Waals surface area contributed by atoms with Crippen LogP contribution in [0.2, 0.25) is 0 Å². The van der Waals surface area contributed by atoms with Crippen molar-refractivity contribution in [1.29, 1.82) is 0 Å². The van der Waals surface area contributed by atoms with Gasteiger partial charge in [0.1, 0.15) is 0 Å². The zero-order valence-electron chi connectivity index (χ0n) is 9.41. The molecule has 1 aliphatic heterocycles. The fraction of sp³-hybridized carbons (Fsp3) is 0.500. The topological polar surface area (TPSA) is 44.5 Å². The number of hydrogen-bond acceptors (Lipinski definition) is 3. The van der Waals surface area contributed by atoms with E-state index >= 15 is 0 Å². The number of benzene rings is 1. The maximum atomic E-state index is 6.17. The molecule has 0 saturated carbocycles. The Bertz CT molecular complexity index is 368. The van der Waals surface area contributed by atoms with Gasteiger partial charge in [0.05, 0.1) is 0 Å². The Morgan fingerprint density at radius 3 is 2.53 bits per heavy atom. The van der Waals surface area contributed by atoms with Gasteiger partial charge in [0, 0.05) is 6.04 Å². The third-order valence-electron chi connectivity index (χ3n) is 2.69. The van der Waals surface area contributed by atoms with Crippen LogP contribution in [0.4, 0.5) is 0 Å². The maximum Gasteiger partial charge on any atom is 0.231 e. The van der Waals surface area contributed by atoms with Crippen LogP contribution in [0.3, 0.4) is 0 Å². The first-order chi connectivity index (χ1) is 6.98. The summed E-state index contributed by atoms with van der Waals surface area (Å²) in [5, 5.41) is 0. The van der Waals surface area contributed by atoms with E-state index in [0.29, 0.717) is 6.79 Å². The van der Waals surface area contributed by atoms with Crippen LogP contribution in [0, 0.1) is 5.41 Å². The Balaban J connectivity index is 2.31. The van der Waals surface area contributed by atoms with Crippen molar-refractivity contribution in [3.63, 3.8) is 0 Å². The fourth-order valence-electron chi connectivity index (χ4n) is 1.61. The van der Waals surface area contributed by atoms with Crippen LogP contribution in [0.25, 0.3) is 0 Å². The van der Waals surface area contributed by atoms with E-state index in [-0.39, 0.29) is 11.5 Å². The van der Waals surface area contributed by atoms with E-state index in [4.69, 9.17) is 15.2 Å². The summed E-state index contributed by atoms with van der Waals surface area (Å²) in [6.07, 6.45) is 0. The molecule has 1 heterocycles. The molecule has 3 nitrogen and oxygen atoms in total. The van der Waals surface area contributed by atoms with Gasteiger partial charge in [-0.2, -0.15) is 0 Å². The number of nitrogens with two attached hydrogens (primary N) is 1. The molecule has 2 N–H and O–H groups in total. The molecule has 0 saturated heterocycles. The van der Waals surface area contributed by atoms with Gasteiger partial charge in [-0.25, -0.2) is 0 Å². The molecule has 0 spiro atoms. The summed E-state index contributed by atoms with van der Waals surface area (Å²) in [5.74, 6) is 1.60. The molecule has 0 radical (unpaired) electrons. The molecule has 82 valence electrons. The molecule has 2 rings (SSSR count). The summed E-state index contributed by atoms with van der Waals surface area (Å²) in [6.45, 7) is 6.69. The Hall–Kier alpha value is -1.22. The van der Waals surface area contributed by atoms with Gasteiger partial charge in [0.25, 0.3) is 0 Å². The van der Waals surface area contributed by atoms with Crippen LogP contribution in [-0.4, -0.2) is 6.79 Å². The minimum atomic E-state index is 0.00648. The van der Waals surface area contributed by atoms with Crippen molar-refractivity contribution >= 4 is 0 Å². The van der Waals surface area contributed by atoms with E-state index in [9.17, 15) is 0 Å². The molecule has 1 atom stereocenters. The minimum Gasteiger partial charge on any atom is -0.454 e. The average Bonchev–Trinajstić information content (AvgIpc) is 2.61. The lowest BCUT2D eigenvalue weighted by atomic mass is 9.83. The number of ether oxygens (including phenoxy) is 2. The van der Waals surface area contributed by atoms with Crippen molar-refractivity contribution in [2.75, 3.05) is 6.79 Å². The number of hydrogen-bond donors (Lipinski definition) is 1. The van der Waals surface area contributed by atoms with Crippen molar-refractivity contribution in [2.24, 2.45) is 11.1 Å². The smallest absolute Gasteiger partial charge is 0.231 e. The lowest BCUT2D eigenvalue weighted by molar-refractivity contribution is 0.174. The van der Waals surface area contributed by atoms with Crippen LogP contribution < -0.4 is 15.2 Å². The third kappa shape index (κ3) is 1.92. The van der Waals surface area contributed by atoms with Crippen LogP contribution in [0.5, 0.6) is 11.5 Å². The van der Waals surface area contributed by atoms with Gasteiger partial charge in [-0.1, -0.05) is 26.8 Å². The standard InChI is InChI=1S/C12H17NO2/c1-12(2,3)11(13)8-4-5-9-10(6-8)15-7-14-9/h4-6,11H,7,13H2,1-3H3. The number of fused-ring (bicyclic) bond motifs is 1. The predicted octanol–water partition coefficient (Wildman–Crippen LogP) is 2.46. The van der Waals surface area contributed by atoms with E-state index in [0.717, 1.165) is 17.1 Å². The molecule has 0 fully saturated rings. The van der Waals surface area contributed by atoms with E-state index in [1.807, 2.05) is 18.2 Å². The summed E-state index contributed by atoms with van der Waals surface area (Å²) in [7, 11) is 0. The molecule has 1 aromatic carbocycles. The van der Waals surface area contributed by atoms with Gasteiger partial charge in [0.2, 0.25) is 6.79 Å². The quantitative estimate of drug-likeness (QED) is 0.769. The van der Waals surface area contributed by atoms with Crippen molar-refractivity contribution < 1.29 is 9.47 Å². The SMILES string of the molecule is CC(C)(C)C(N)c1ccc2c(c1)OCO2. The molecule has 3 heteroatoms. The molecule has 0 bridgehead atoms. The second kappa shape index (κ2) is 3.42. The average molecular weight is 207 g/mol. The molecule has 1 unspecified atom stereocenters. The Labute approximate surface area is 90.2 Å². The highest BCUT2D eigenvalue weighted by molar-refractivity contribution is 5.45. The molecule has 1 aliphatic rings. The summed E-state index contributed by atoms with van der Waals surface area (Å²) < 4.78 is 10.6. The highest BCUT2D eigenvalue weighted by Crippen LogP contribution is 2.37. The second-order valence-corrected chi connectivity index (χ2v) is 4.96. The fourth-order valence-corrected chi connectivity index (χ4v) is 1.61. The van der Waals surface area contributed by atoms with Crippen molar-refractivity contribution in [1.82, 2.24) is 0 Å². The van der Waals surface area contributed by atoms with Crippen molar-refractivity contribution in [2.45, 2.75) is 26.8 Å². The molecule has 0 aliphatic carbocycles. The molecular weight excluding hydrogens is 190 g/mol. The normalized spacial score (nSPS) is 16.5. The lowest BCUT2D eigenvalue weighted by Crippen LogP contribution is -2.26. The third-order valence-corrected chi connectivity index (χ3v) is 2.69. The summed E-state index contributed by atoms with van der Waals surface area (Å²) in [6, 6.07) is 5.90. The molecule has 15 heavy (non-hydrogen) atoms. The van der Waals surface area contributed by atoms with Crippen molar-refractivity contribution in [3.05, 3.63) is 23.8 Å². The van der Waals surface area contributed by atoms with Gasteiger partial charge < -0.3 is 15.2 Å². The highest BCUT2D eigenvalue weighted by Gasteiger charge is 2.24. The van der Waals surface area contributed by atoms with Gasteiger partial charge in [-0.3, -0.25) is 0 Å². The predicted molar refractivity (Wildman–Crippen MR) is 58.9 cm³/mol. The monoisotopic (exact) mass is 207 g/mol. The Morgan fingerprint density at radius 1 is 1.20 bits per heavy atom. The Morgan fingerprint density at radius 2 is 1.87 bits per heavy atom. The largest absolute Gasteiger partial charge is 0.454 e. The first kappa shape index (κ1) is 10.3. The van der Waals surface area contributed by atoms with Crippen molar-refractivity contribution in [3.8, 4) is 11.5 Å². The molecule has 1 aromatic rings. The van der Waals surface area contributed by atoms with Crippen LogP contribution >= 0.6 is 0 Å². The zero-order valence-corrected chi connectivity index (χ0v) is 9.41. The van der Waals surface area contributed by atoms with Gasteiger partial charge in [-0.05, 0) is 23.1 Å². The molecular formula is C12H17NO2. The van der Waals surface area contributed by atoms with Gasteiger partial charge in [-0.15, -0.1) is 0 Å². The van der Waals surface area contributed by atoms with E-state index in [2.05, 4.69) is 20.8 Å². The lowest BCUT2D eigenvalue weighted by Gasteiger charge is -2.27. The van der Waals surface area contributed by atoms with E-state index in [1.54, 1.807) is 0 Å². The molecule has 0 aromatic heterocycles. The summed E-state index contributed by atoms with van der Waals surface area (Å²) in [4.78, 5) is 0. The van der Waals surface area contributed by atoms with Gasteiger partial charge in [0.15, 0.2) is 11.5 Å². The molecule has 0 amide bonds. The maximum absolute atomic E-state index is 6.17. The first-order valence-corrected chi connectivity index (χ1v) is 5.13. The highest BCUT2D eigenvalue weighted by atomic mass is 16.7. The summed E-state index contributed by atoms with van der Waals surface area (Å²) in [5.41, 5.74) is 7.31. The van der Waals surface area contributed by atoms with Crippen LogP contribution in [0.15, 0.2) is 18.2 Å². The summed E-state index contributed by atoms with van der Waals surface area (Å²) >= 11 is 0. The Kier molecular flexibility index (Phi) is 2.35. The van der Waals surface area contributed by atoms with E-state index in [1.165, 1.54) is 0 Å². The second-order valence-electron chi connectivity index (χ2n) is 4.96.